The maximum absolute atomic E-state index is 13.4. The van der Waals surface area contributed by atoms with Crippen molar-refractivity contribution in [1.29, 1.82) is 0 Å². The first-order valence-corrected chi connectivity index (χ1v) is 5.50. The Hall–Kier alpha value is -2.26. The number of carboxylic acids is 1. The fourth-order valence-corrected chi connectivity index (χ4v) is 1.38. The summed E-state index contributed by atoms with van der Waals surface area (Å²) in [7, 11) is 0. The summed E-state index contributed by atoms with van der Waals surface area (Å²) in [5.74, 6) is 0.119. The Kier molecular flexibility index (Phi) is 5.15. The highest BCUT2D eigenvalue weighted by Gasteiger charge is 2.19. The van der Waals surface area contributed by atoms with E-state index in [-0.39, 0.29) is 17.1 Å². The lowest BCUT2D eigenvalue weighted by Crippen LogP contribution is -2.42. The number of carbonyl (C=O) groups excluding carboxylic acids is 1. The Balaban J connectivity index is 2.69. The summed E-state index contributed by atoms with van der Waals surface area (Å²) < 4.78 is 13.4. The highest BCUT2D eigenvalue weighted by molar-refractivity contribution is 6.30. The number of halogens is 2. The Morgan fingerprint density at radius 1 is 1.53 bits per heavy atom. The molecule has 2 amide bonds. The van der Waals surface area contributed by atoms with Crippen molar-refractivity contribution in [2.24, 2.45) is 0 Å². The van der Waals surface area contributed by atoms with Crippen molar-refractivity contribution in [3.05, 3.63) is 29.0 Å². The zero-order valence-corrected chi connectivity index (χ0v) is 10.4. The largest absolute Gasteiger partial charge is 0.480 e. The molecule has 1 rings (SSSR count). The van der Waals surface area contributed by atoms with Crippen molar-refractivity contribution in [3.8, 4) is 12.3 Å². The minimum absolute atomic E-state index is 0.119. The van der Waals surface area contributed by atoms with Crippen molar-refractivity contribution in [2.45, 2.75) is 12.5 Å². The van der Waals surface area contributed by atoms with Gasteiger partial charge in [0.25, 0.3) is 0 Å². The number of hydrogen-bond donors (Lipinski definition) is 3. The van der Waals surface area contributed by atoms with Crippen LogP contribution >= 0.6 is 11.6 Å². The molecule has 5 nitrogen and oxygen atoms in total. The van der Waals surface area contributed by atoms with Crippen LogP contribution in [0.15, 0.2) is 18.2 Å². The molecule has 1 aromatic rings. The van der Waals surface area contributed by atoms with Crippen LogP contribution in [-0.4, -0.2) is 23.1 Å². The average Bonchev–Trinajstić information content (AvgIpc) is 2.32. The first-order chi connectivity index (χ1) is 8.93. The number of benzene rings is 1. The maximum atomic E-state index is 13.4. The molecule has 1 atom stereocenters. The number of hydrogen-bond acceptors (Lipinski definition) is 2. The second kappa shape index (κ2) is 6.61. The van der Waals surface area contributed by atoms with E-state index in [0.717, 1.165) is 6.07 Å². The zero-order valence-electron chi connectivity index (χ0n) is 9.61. The summed E-state index contributed by atoms with van der Waals surface area (Å²) in [6.45, 7) is 0. The van der Waals surface area contributed by atoms with E-state index in [1.807, 2.05) is 0 Å². The predicted octanol–water partition coefficient (Wildman–Crippen LogP) is 2.08. The highest BCUT2D eigenvalue weighted by atomic mass is 35.5. The number of rotatable bonds is 4. The van der Waals surface area contributed by atoms with Gasteiger partial charge in [-0.25, -0.2) is 14.0 Å². The lowest BCUT2D eigenvalue weighted by atomic mass is 10.2. The Morgan fingerprint density at radius 2 is 2.21 bits per heavy atom. The molecular formula is C12H10ClFN2O3. The van der Waals surface area contributed by atoms with Crippen LogP contribution in [0.5, 0.6) is 0 Å². The van der Waals surface area contributed by atoms with E-state index in [0.29, 0.717) is 0 Å². The standard InChI is InChI=1S/C12H10ClFN2O3/c1-2-3-10(11(17)18)16-12(19)15-9-5-4-7(13)6-8(9)14/h1,4-6,10H,3H2,(H,17,18)(H2,15,16,19). The third-order valence-corrected chi connectivity index (χ3v) is 2.34. The van der Waals surface area contributed by atoms with Crippen molar-refractivity contribution in [1.82, 2.24) is 5.32 Å². The summed E-state index contributed by atoms with van der Waals surface area (Å²) in [5, 5.41) is 13.2. The molecule has 0 fully saturated rings. The molecule has 0 saturated carbocycles. The molecule has 1 aromatic carbocycles. The summed E-state index contributed by atoms with van der Waals surface area (Å²) in [4.78, 5) is 22.2. The summed E-state index contributed by atoms with van der Waals surface area (Å²) in [6.07, 6.45) is 4.80. The van der Waals surface area contributed by atoms with Crippen LogP contribution in [0.25, 0.3) is 0 Å². The normalized spacial score (nSPS) is 11.2. The molecule has 100 valence electrons. The van der Waals surface area contributed by atoms with Crippen molar-refractivity contribution < 1.29 is 19.1 Å². The number of nitrogens with one attached hydrogen (secondary N) is 2. The van der Waals surface area contributed by atoms with Crippen LogP contribution in [0.4, 0.5) is 14.9 Å². The topological polar surface area (TPSA) is 78.4 Å². The minimum atomic E-state index is -1.27. The van der Waals surface area contributed by atoms with Gasteiger partial charge in [0, 0.05) is 11.4 Å². The molecule has 0 saturated heterocycles. The zero-order chi connectivity index (χ0) is 14.4. The van der Waals surface area contributed by atoms with Crippen LogP contribution in [0, 0.1) is 18.2 Å². The van der Waals surface area contributed by atoms with E-state index in [4.69, 9.17) is 23.1 Å². The van der Waals surface area contributed by atoms with Gasteiger partial charge in [0.05, 0.1) is 5.69 Å². The summed E-state index contributed by atoms with van der Waals surface area (Å²) in [5.41, 5.74) is -0.119. The third kappa shape index (κ3) is 4.48. The van der Waals surface area contributed by atoms with E-state index in [1.54, 1.807) is 0 Å². The lowest BCUT2D eigenvalue weighted by Gasteiger charge is -2.13. The van der Waals surface area contributed by atoms with E-state index in [2.05, 4.69) is 16.6 Å². The molecule has 0 aliphatic heterocycles. The van der Waals surface area contributed by atoms with Crippen LogP contribution in [0.1, 0.15) is 6.42 Å². The highest BCUT2D eigenvalue weighted by Crippen LogP contribution is 2.18. The van der Waals surface area contributed by atoms with Gasteiger partial charge in [-0.05, 0) is 18.2 Å². The molecule has 0 heterocycles. The number of urea groups is 1. The van der Waals surface area contributed by atoms with E-state index in [1.165, 1.54) is 12.1 Å². The lowest BCUT2D eigenvalue weighted by molar-refractivity contribution is -0.139. The van der Waals surface area contributed by atoms with Crippen molar-refractivity contribution >= 4 is 29.3 Å². The Labute approximate surface area is 113 Å². The SMILES string of the molecule is C#CCC(NC(=O)Nc1ccc(Cl)cc1F)C(=O)O. The molecule has 0 spiro atoms. The summed E-state index contributed by atoms with van der Waals surface area (Å²) >= 11 is 5.55. The molecular weight excluding hydrogens is 275 g/mol. The van der Waals surface area contributed by atoms with Crippen LogP contribution < -0.4 is 10.6 Å². The van der Waals surface area contributed by atoms with E-state index < -0.39 is 23.9 Å². The third-order valence-electron chi connectivity index (χ3n) is 2.10. The van der Waals surface area contributed by atoms with Gasteiger partial charge in [-0.2, -0.15) is 0 Å². The van der Waals surface area contributed by atoms with Gasteiger partial charge in [-0.15, -0.1) is 12.3 Å². The first-order valence-electron chi connectivity index (χ1n) is 5.13. The second-order valence-corrected chi connectivity index (χ2v) is 3.96. The molecule has 0 radical (unpaired) electrons. The molecule has 19 heavy (non-hydrogen) atoms. The molecule has 7 heteroatoms. The smallest absolute Gasteiger partial charge is 0.327 e. The van der Waals surface area contributed by atoms with Gasteiger partial charge >= 0.3 is 12.0 Å². The minimum Gasteiger partial charge on any atom is -0.480 e. The molecule has 0 bridgehead atoms. The van der Waals surface area contributed by atoms with Gasteiger partial charge in [-0.3, -0.25) is 0 Å². The van der Waals surface area contributed by atoms with Crippen LogP contribution in [0.3, 0.4) is 0 Å². The monoisotopic (exact) mass is 284 g/mol. The van der Waals surface area contributed by atoms with Gasteiger partial charge in [-0.1, -0.05) is 11.6 Å². The number of amides is 2. The van der Waals surface area contributed by atoms with Gasteiger partial charge in [0.15, 0.2) is 0 Å². The predicted molar refractivity (Wildman–Crippen MR) is 68.4 cm³/mol. The number of carboxylic acid groups (broad SMARTS) is 1. The Bertz CT molecular complexity index is 542. The molecule has 0 aliphatic rings. The molecule has 0 aliphatic carbocycles. The molecule has 3 N–H and O–H groups in total. The maximum Gasteiger partial charge on any atom is 0.327 e. The fourth-order valence-electron chi connectivity index (χ4n) is 1.23. The second-order valence-electron chi connectivity index (χ2n) is 3.52. The van der Waals surface area contributed by atoms with Gasteiger partial charge < -0.3 is 15.7 Å². The Morgan fingerprint density at radius 3 is 2.74 bits per heavy atom. The summed E-state index contributed by atoms with van der Waals surface area (Å²) in [6, 6.07) is 1.56. The molecule has 0 aromatic heterocycles. The number of carbonyl (C=O) groups is 2. The average molecular weight is 285 g/mol. The number of terminal acetylenes is 1. The van der Waals surface area contributed by atoms with Gasteiger partial charge in [0.1, 0.15) is 11.9 Å². The van der Waals surface area contributed by atoms with E-state index >= 15 is 0 Å². The van der Waals surface area contributed by atoms with Crippen molar-refractivity contribution in [3.63, 3.8) is 0 Å². The van der Waals surface area contributed by atoms with Crippen molar-refractivity contribution in [2.75, 3.05) is 5.32 Å². The quantitative estimate of drug-likeness (QED) is 0.741. The first kappa shape index (κ1) is 14.8. The van der Waals surface area contributed by atoms with Crippen LogP contribution in [0.2, 0.25) is 5.02 Å². The number of anilines is 1. The van der Waals surface area contributed by atoms with Gasteiger partial charge in [0.2, 0.25) is 0 Å². The fraction of sp³-hybridized carbons (Fsp3) is 0.167. The van der Waals surface area contributed by atoms with Crippen LogP contribution in [-0.2, 0) is 4.79 Å². The van der Waals surface area contributed by atoms with E-state index in [9.17, 15) is 14.0 Å². The molecule has 1 unspecified atom stereocenters. The number of aliphatic carboxylic acids is 1.